The molecule has 0 amide bonds. The highest BCUT2D eigenvalue weighted by Gasteiger charge is 2.16. The number of nitrogens with zero attached hydrogens (tertiary/aromatic N) is 1. The largest absolute Gasteiger partial charge is 0.489 e. The van der Waals surface area contributed by atoms with Crippen molar-refractivity contribution >= 4 is 11.6 Å². The molecule has 19 heavy (non-hydrogen) atoms. The highest BCUT2D eigenvalue weighted by molar-refractivity contribution is 6.32. The maximum absolute atomic E-state index is 9.37. The molecule has 0 aromatic heterocycles. The zero-order valence-electron chi connectivity index (χ0n) is 11.4. The molecule has 0 fully saturated rings. The lowest BCUT2D eigenvalue weighted by Crippen LogP contribution is -2.26. The lowest BCUT2D eigenvalue weighted by Gasteiger charge is -2.19. The van der Waals surface area contributed by atoms with Crippen molar-refractivity contribution in [2.45, 2.75) is 26.0 Å². The Hall–Kier alpha value is -0.970. The summed E-state index contributed by atoms with van der Waals surface area (Å²) in [5.41, 5.74) is 1.05. The number of ether oxygens (including phenoxy) is 2. The molecule has 5 heteroatoms. The minimum absolute atomic E-state index is 0.346. The summed E-state index contributed by atoms with van der Waals surface area (Å²) >= 11 is 6.24. The SMILES string of the molecule is CC(O)CN(C)Cc1cc(Cl)c2c(c1)OCCCO2. The summed E-state index contributed by atoms with van der Waals surface area (Å²) in [6, 6.07) is 3.86. The summed E-state index contributed by atoms with van der Waals surface area (Å²) in [7, 11) is 1.96. The van der Waals surface area contributed by atoms with Gasteiger partial charge in [0.1, 0.15) is 0 Å². The molecule has 4 nitrogen and oxygen atoms in total. The fraction of sp³-hybridized carbons (Fsp3) is 0.571. The molecule has 1 atom stereocenters. The second-order valence-electron chi connectivity index (χ2n) is 5.00. The average molecular weight is 286 g/mol. The third kappa shape index (κ3) is 4.00. The van der Waals surface area contributed by atoms with Gasteiger partial charge in [-0.2, -0.15) is 0 Å². The van der Waals surface area contributed by atoms with Crippen LogP contribution in [0, 0.1) is 0 Å². The van der Waals surface area contributed by atoms with E-state index in [4.69, 9.17) is 21.1 Å². The molecule has 1 heterocycles. The Labute approximate surface area is 118 Å². The number of aliphatic hydroxyl groups is 1. The second kappa shape index (κ2) is 6.46. The van der Waals surface area contributed by atoms with Crippen LogP contribution in [-0.4, -0.2) is 42.9 Å². The van der Waals surface area contributed by atoms with E-state index in [9.17, 15) is 5.11 Å². The Morgan fingerprint density at radius 1 is 1.37 bits per heavy atom. The minimum Gasteiger partial charge on any atom is -0.489 e. The van der Waals surface area contributed by atoms with Crippen LogP contribution in [0.15, 0.2) is 12.1 Å². The molecule has 1 unspecified atom stereocenters. The Morgan fingerprint density at radius 2 is 2.11 bits per heavy atom. The zero-order chi connectivity index (χ0) is 13.8. The third-order valence-electron chi connectivity index (χ3n) is 2.89. The van der Waals surface area contributed by atoms with Gasteiger partial charge in [-0.05, 0) is 31.7 Å². The number of rotatable bonds is 4. The maximum Gasteiger partial charge on any atom is 0.179 e. The summed E-state index contributed by atoms with van der Waals surface area (Å²) in [5, 5.41) is 9.96. The molecule has 0 saturated heterocycles. The molecule has 106 valence electrons. The third-order valence-corrected chi connectivity index (χ3v) is 3.17. The van der Waals surface area contributed by atoms with Gasteiger partial charge in [-0.1, -0.05) is 11.6 Å². The summed E-state index contributed by atoms with van der Waals surface area (Å²) in [4.78, 5) is 2.04. The van der Waals surface area contributed by atoms with Crippen molar-refractivity contribution < 1.29 is 14.6 Å². The van der Waals surface area contributed by atoms with Gasteiger partial charge < -0.3 is 14.6 Å². The summed E-state index contributed by atoms with van der Waals surface area (Å²) in [5.74, 6) is 1.35. The van der Waals surface area contributed by atoms with Crippen LogP contribution in [0.25, 0.3) is 0 Å². The number of fused-ring (bicyclic) bond motifs is 1. The first-order valence-corrected chi connectivity index (χ1v) is 6.88. The molecule has 0 spiro atoms. The number of hydrogen-bond acceptors (Lipinski definition) is 4. The van der Waals surface area contributed by atoms with Crippen molar-refractivity contribution in [2.75, 3.05) is 26.8 Å². The topological polar surface area (TPSA) is 41.9 Å². The highest BCUT2D eigenvalue weighted by atomic mass is 35.5. The van der Waals surface area contributed by atoms with Gasteiger partial charge in [0.05, 0.1) is 24.3 Å². The van der Waals surface area contributed by atoms with Crippen molar-refractivity contribution in [3.63, 3.8) is 0 Å². The van der Waals surface area contributed by atoms with Gasteiger partial charge >= 0.3 is 0 Å². The monoisotopic (exact) mass is 285 g/mol. The van der Waals surface area contributed by atoms with E-state index in [1.54, 1.807) is 6.92 Å². The quantitative estimate of drug-likeness (QED) is 0.922. The summed E-state index contributed by atoms with van der Waals surface area (Å²) < 4.78 is 11.2. The molecule has 0 radical (unpaired) electrons. The van der Waals surface area contributed by atoms with Crippen molar-refractivity contribution in [1.29, 1.82) is 0 Å². The number of halogens is 1. The molecule has 1 aromatic rings. The van der Waals surface area contributed by atoms with E-state index in [1.807, 2.05) is 24.1 Å². The number of benzene rings is 1. The Kier molecular flexibility index (Phi) is 4.91. The van der Waals surface area contributed by atoms with Crippen LogP contribution >= 0.6 is 11.6 Å². The van der Waals surface area contributed by atoms with Crippen LogP contribution in [0.5, 0.6) is 11.5 Å². The van der Waals surface area contributed by atoms with Gasteiger partial charge in [0.15, 0.2) is 11.5 Å². The van der Waals surface area contributed by atoms with Crippen LogP contribution < -0.4 is 9.47 Å². The Morgan fingerprint density at radius 3 is 2.84 bits per heavy atom. The van der Waals surface area contributed by atoms with Gasteiger partial charge in [-0.3, -0.25) is 4.90 Å². The highest BCUT2D eigenvalue weighted by Crippen LogP contribution is 2.38. The van der Waals surface area contributed by atoms with Gasteiger partial charge in [-0.25, -0.2) is 0 Å². The first kappa shape index (κ1) is 14.4. The van der Waals surface area contributed by atoms with E-state index in [2.05, 4.69) is 0 Å². The predicted molar refractivity (Wildman–Crippen MR) is 75.1 cm³/mol. The number of likely N-dealkylation sites (N-methyl/N-ethyl adjacent to an activating group) is 1. The van der Waals surface area contributed by atoms with Crippen LogP contribution in [0.4, 0.5) is 0 Å². The first-order valence-electron chi connectivity index (χ1n) is 6.51. The number of hydrogen-bond donors (Lipinski definition) is 1. The summed E-state index contributed by atoms with van der Waals surface area (Å²) in [6.07, 6.45) is 0.517. The molecule has 2 rings (SSSR count). The molecular formula is C14H20ClNO3. The van der Waals surface area contributed by atoms with Crippen LogP contribution in [-0.2, 0) is 6.54 Å². The zero-order valence-corrected chi connectivity index (χ0v) is 12.1. The molecule has 1 aliphatic rings. The van der Waals surface area contributed by atoms with Gasteiger partial charge in [0.25, 0.3) is 0 Å². The van der Waals surface area contributed by atoms with Crippen molar-refractivity contribution in [1.82, 2.24) is 4.90 Å². The smallest absolute Gasteiger partial charge is 0.179 e. The van der Waals surface area contributed by atoms with E-state index in [1.165, 1.54) is 0 Å². The Balaban J connectivity index is 2.14. The molecule has 1 aliphatic heterocycles. The van der Waals surface area contributed by atoms with E-state index in [0.29, 0.717) is 42.8 Å². The predicted octanol–water partition coefficient (Wildman–Crippen LogP) is 2.31. The van der Waals surface area contributed by atoms with Crippen LogP contribution in [0.1, 0.15) is 18.9 Å². The van der Waals surface area contributed by atoms with Crippen LogP contribution in [0.3, 0.4) is 0 Å². The molecular weight excluding hydrogens is 266 g/mol. The molecule has 1 N–H and O–H groups in total. The van der Waals surface area contributed by atoms with E-state index in [-0.39, 0.29) is 6.10 Å². The fourth-order valence-electron chi connectivity index (χ4n) is 2.20. The standard InChI is InChI=1S/C14H20ClNO3/c1-10(17)8-16(2)9-11-6-12(15)14-13(7-11)18-4-3-5-19-14/h6-7,10,17H,3-5,8-9H2,1-2H3. The maximum atomic E-state index is 9.37. The normalized spacial score (nSPS) is 16.3. The van der Waals surface area contributed by atoms with Gasteiger partial charge in [-0.15, -0.1) is 0 Å². The summed E-state index contributed by atoms with van der Waals surface area (Å²) in [6.45, 7) is 4.38. The van der Waals surface area contributed by atoms with Gasteiger partial charge in [0.2, 0.25) is 0 Å². The molecule has 0 saturated carbocycles. The molecule has 1 aromatic carbocycles. The van der Waals surface area contributed by atoms with Crippen molar-refractivity contribution in [3.8, 4) is 11.5 Å². The van der Waals surface area contributed by atoms with Crippen LogP contribution in [0.2, 0.25) is 5.02 Å². The van der Waals surface area contributed by atoms with E-state index in [0.717, 1.165) is 12.0 Å². The fourth-order valence-corrected chi connectivity index (χ4v) is 2.49. The first-order chi connectivity index (χ1) is 9.06. The van der Waals surface area contributed by atoms with E-state index < -0.39 is 0 Å². The lowest BCUT2D eigenvalue weighted by molar-refractivity contribution is 0.138. The van der Waals surface area contributed by atoms with Gasteiger partial charge in [0, 0.05) is 19.5 Å². The minimum atomic E-state index is -0.346. The molecule has 0 bridgehead atoms. The average Bonchev–Trinajstić information content (AvgIpc) is 2.53. The van der Waals surface area contributed by atoms with Crippen molar-refractivity contribution in [3.05, 3.63) is 22.7 Å². The van der Waals surface area contributed by atoms with E-state index >= 15 is 0 Å². The Bertz CT molecular complexity index is 437. The number of aliphatic hydroxyl groups excluding tert-OH is 1. The van der Waals surface area contributed by atoms with Crippen molar-refractivity contribution in [2.24, 2.45) is 0 Å². The second-order valence-corrected chi connectivity index (χ2v) is 5.41. The lowest BCUT2D eigenvalue weighted by atomic mass is 10.2. The molecule has 0 aliphatic carbocycles.